The van der Waals surface area contributed by atoms with Crippen LogP contribution < -0.4 is 4.74 Å². The zero-order valence-electron chi connectivity index (χ0n) is 11.3. The number of ether oxygens (including phenoxy) is 1. The summed E-state index contributed by atoms with van der Waals surface area (Å²) in [7, 11) is 0. The lowest BCUT2D eigenvalue weighted by molar-refractivity contribution is 0.0688. The molecule has 19 heavy (non-hydrogen) atoms. The first-order valence-electron chi connectivity index (χ1n) is 6.56. The van der Waals surface area contributed by atoms with Crippen LogP contribution in [0.25, 0.3) is 0 Å². The fraction of sp³-hybridized carbons (Fsp3) is 0.467. The molecule has 0 saturated heterocycles. The summed E-state index contributed by atoms with van der Waals surface area (Å²) in [6.07, 6.45) is 7.97. The van der Waals surface area contributed by atoms with E-state index in [0.29, 0.717) is 24.0 Å². The van der Waals surface area contributed by atoms with Gasteiger partial charge in [0.15, 0.2) is 0 Å². The predicted molar refractivity (Wildman–Crippen MR) is 72.5 cm³/mol. The molecule has 0 radical (unpaired) electrons. The Balaban J connectivity index is 2.09. The van der Waals surface area contributed by atoms with E-state index in [4.69, 9.17) is 4.74 Å². The number of rotatable bonds is 4. The van der Waals surface area contributed by atoms with Gasteiger partial charge < -0.3 is 9.84 Å². The summed E-state index contributed by atoms with van der Waals surface area (Å²) in [6.45, 7) is 4.46. The molecule has 0 aliphatic heterocycles. The number of aromatic carboxylic acids is 1. The maximum atomic E-state index is 11.2. The summed E-state index contributed by atoms with van der Waals surface area (Å²) in [4.78, 5) is 15.3. The Labute approximate surface area is 113 Å². The molecule has 2 rings (SSSR count). The highest BCUT2D eigenvalue weighted by Crippen LogP contribution is 2.27. The smallest absolute Gasteiger partial charge is 0.341 e. The fourth-order valence-corrected chi connectivity index (χ4v) is 2.33. The first-order valence-corrected chi connectivity index (χ1v) is 6.56. The van der Waals surface area contributed by atoms with Gasteiger partial charge in [-0.2, -0.15) is 0 Å². The first-order chi connectivity index (χ1) is 9.09. The van der Waals surface area contributed by atoms with Gasteiger partial charge in [-0.25, -0.2) is 9.78 Å². The van der Waals surface area contributed by atoms with Crippen molar-refractivity contribution in [2.45, 2.75) is 26.7 Å². The Morgan fingerprint density at radius 1 is 1.47 bits per heavy atom. The summed E-state index contributed by atoms with van der Waals surface area (Å²) in [5, 5.41) is 9.20. The summed E-state index contributed by atoms with van der Waals surface area (Å²) in [6, 6.07) is 1.68. The van der Waals surface area contributed by atoms with Crippen LogP contribution in [0, 0.1) is 18.8 Å². The highest BCUT2D eigenvalue weighted by Gasteiger charge is 2.21. The van der Waals surface area contributed by atoms with E-state index in [0.717, 1.165) is 12.8 Å². The third-order valence-corrected chi connectivity index (χ3v) is 3.69. The van der Waals surface area contributed by atoms with Gasteiger partial charge in [-0.15, -0.1) is 0 Å². The molecule has 1 aromatic heterocycles. The van der Waals surface area contributed by atoms with Gasteiger partial charge in [-0.3, -0.25) is 0 Å². The molecule has 0 bridgehead atoms. The number of carboxylic acids is 1. The number of aromatic nitrogens is 1. The van der Waals surface area contributed by atoms with Crippen LogP contribution in [0.2, 0.25) is 0 Å². The zero-order valence-corrected chi connectivity index (χ0v) is 11.3. The number of carboxylic acid groups (broad SMARTS) is 1. The van der Waals surface area contributed by atoms with Crippen molar-refractivity contribution in [3.8, 4) is 5.88 Å². The van der Waals surface area contributed by atoms with E-state index in [-0.39, 0.29) is 11.4 Å². The maximum absolute atomic E-state index is 11.2. The molecule has 4 heteroatoms. The van der Waals surface area contributed by atoms with E-state index in [9.17, 15) is 9.90 Å². The van der Waals surface area contributed by atoms with E-state index < -0.39 is 5.97 Å². The van der Waals surface area contributed by atoms with Crippen molar-refractivity contribution in [2.24, 2.45) is 11.8 Å². The summed E-state index contributed by atoms with van der Waals surface area (Å²) >= 11 is 0. The summed E-state index contributed by atoms with van der Waals surface area (Å²) in [5.74, 6) is 0.225. The molecule has 0 amide bonds. The van der Waals surface area contributed by atoms with E-state index in [2.05, 4.69) is 24.1 Å². The summed E-state index contributed by atoms with van der Waals surface area (Å²) in [5.41, 5.74) is 0.843. The number of aryl methyl sites for hydroxylation is 1. The predicted octanol–water partition coefficient (Wildman–Crippen LogP) is 3.07. The fourth-order valence-electron chi connectivity index (χ4n) is 2.33. The normalized spacial score (nSPS) is 22.2. The van der Waals surface area contributed by atoms with Crippen LogP contribution in [-0.4, -0.2) is 22.7 Å². The van der Waals surface area contributed by atoms with Crippen molar-refractivity contribution >= 4 is 5.97 Å². The lowest BCUT2D eigenvalue weighted by Gasteiger charge is -2.25. The van der Waals surface area contributed by atoms with Crippen LogP contribution in [0.5, 0.6) is 5.88 Å². The average Bonchev–Trinajstić information content (AvgIpc) is 2.37. The van der Waals surface area contributed by atoms with Crippen molar-refractivity contribution in [2.75, 3.05) is 6.61 Å². The molecule has 4 nitrogen and oxygen atoms in total. The number of nitrogens with zero attached hydrogens (tertiary/aromatic N) is 1. The first kappa shape index (κ1) is 13.6. The molecule has 1 aliphatic carbocycles. The molecule has 0 aromatic carbocycles. The van der Waals surface area contributed by atoms with Gasteiger partial charge in [0.25, 0.3) is 0 Å². The van der Waals surface area contributed by atoms with Gasteiger partial charge in [0.05, 0.1) is 6.61 Å². The largest absolute Gasteiger partial charge is 0.477 e. The molecule has 1 aromatic rings. The number of carbonyl (C=O) groups is 1. The van der Waals surface area contributed by atoms with E-state index in [1.54, 1.807) is 19.2 Å². The Bertz CT molecular complexity index is 496. The monoisotopic (exact) mass is 261 g/mol. The Kier molecular flexibility index (Phi) is 4.20. The van der Waals surface area contributed by atoms with Crippen molar-refractivity contribution in [3.05, 3.63) is 35.5 Å². The Morgan fingerprint density at radius 2 is 2.21 bits per heavy atom. The zero-order chi connectivity index (χ0) is 13.8. The molecule has 1 aliphatic rings. The van der Waals surface area contributed by atoms with E-state index in [1.165, 1.54) is 0 Å². The van der Waals surface area contributed by atoms with E-state index in [1.807, 2.05) is 0 Å². The Hall–Kier alpha value is -1.84. The molecule has 102 valence electrons. The quantitative estimate of drug-likeness (QED) is 0.846. The van der Waals surface area contributed by atoms with Crippen molar-refractivity contribution in [1.29, 1.82) is 0 Å². The van der Waals surface area contributed by atoms with E-state index >= 15 is 0 Å². The summed E-state index contributed by atoms with van der Waals surface area (Å²) < 4.78 is 5.66. The molecule has 2 unspecified atom stereocenters. The van der Waals surface area contributed by atoms with Crippen LogP contribution >= 0.6 is 0 Å². The average molecular weight is 261 g/mol. The van der Waals surface area contributed by atoms with Crippen molar-refractivity contribution in [3.63, 3.8) is 0 Å². The number of hydrogen-bond acceptors (Lipinski definition) is 3. The van der Waals surface area contributed by atoms with Gasteiger partial charge in [0.1, 0.15) is 5.56 Å². The SMILES string of the molecule is Cc1ccnc(OCC2CC=CCC2C)c1C(=O)O. The number of pyridine rings is 1. The highest BCUT2D eigenvalue weighted by atomic mass is 16.5. The van der Waals surface area contributed by atoms with Gasteiger partial charge in [-0.05, 0) is 43.2 Å². The lowest BCUT2D eigenvalue weighted by Crippen LogP contribution is -2.22. The molecule has 1 heterocycles. The van der Waals surface area contributed by atoms with Gasteiger partial charge in [0.2, 0.25) is 5.88 Å². The Morgan fingerprint density at radius 3 is 2.89 bits per heavy atom. The second-order valence-corrected chi connectivity index (χ2v) is 5.10. The third-order valence-electron chi connectivity index (χ3n) is 3.69. The van der Waals surface area contributed by atoms with Gasteiger partial charge in [-0.1, -0.05) is 19.1 Å². The minimum Gasteiger partial charge on any atom is -0.477 e. The molecule has 0 fully saturated rings. The molecular formula is C15H19NO3. The molecular weight excluding hydrogens is 242 g/mol. The number of hydrogen-bond donors (Lipinski definition) is 1. The van der Waals surface area contributed by atoms with Crippen LogP contribution in [0.1, 0.15) is 35.7 Å². The number of allylic oxidation sites excluding steroid dienone is 2. The van der Waals surface area contributed by atoms with Gasteiger partial charge in [0, 0.05) is 6.20 Å². The van der Waals surface area contributed by atoms with Crippen LogP contribution in [0.4, 0.5) is 0 Å². The second-order valence-electron chi connectivity index (χ2n) is 5.10. The molecule has 2 atom stereocenters. The second kappa shape index (κ2) is 5.87. The molecule has 0 saturated carbocycles. The minimum absolute atomic E-state index is 0.168. The third kappa shape index (κ3) is 3.13. The lowest BCUT2D eigenvalue weighted by atomic mass is 9.85. The molecule has 1 N–H and O–H groups in total. The topological polar surface area (TPSA) is 59.4 Å². The highest BCUT2D eigenvalue weighted by molar-refractivity contribution is 5.91. The van der Waals surface area contributed by atoms with Crippen LogP contribution in [0.15, 0.2) is 24.4 Å². The standard InChI is InChI=1S/C15H19NO3/c1-10-5-3-4-6-12(10)9-19-14-13(15(17)18)11(2)7-8-16-14/h3-4,7-8,10,12H,5-6,9H2,1-2H3,(H,17,18). The van der Waals surface area contributed by atoms with Crippen LogP contribution in [-0.2, 0) is 0 Å². The molecule has 0 spiro atoms. The minimum atomic E-state index is -0.989. The maximum Gasteiger partial charge on any atom is 0.341 e. The van der Waals surface area contributed by atoms with Crippen LogP contribution in [0.3, 0.4) is 0 Å². The van der Waals surface area contributed by atoms with Gasteiger partial charge >= 0.3 is 5.97 Å². The van der Waals surface area contributed by atoms with Crippen molar-refractivity contribution < 1.29 is 14.6 Å². The van der Waals surface area contributed by atoms with Crippen molar-refractivity contribution in [1.82, 2.24) is 4.98 Å².